The summed E-state index contributed by atoms with van der Waals surface area (Å²) in [6.45, 7) is 3.01. The van der Waals surface area contributed by atoms with Gasteiger partial charge in [-0.05, 0) is 59.9 Å². The summed E-state index contributed by atoms with van der Waals surface area (Å²) in [5.74, 6) is 8.32. The fourth-order valence-electron chi connectivity index (χ4n) is 4.04. The van der Waals surface area contributed by atoms with Crippen molar-refractivity contribution in [2.45, 2.75) is 45.2 Å². The van der Waals surface area contributed by atoms with E-state index in [1.54, 1.807) is 0 Å². The molecule has 0 radical (unpaired) electrons. The molecule has 18 heavy (non-hydrogen) atoms. The maximum absolute atomic E-state index is 5.86. The van der Waals surface area contributed by atoms with E-state index in [1.165, 1.54) is 31.4 Å². The highest BCUT2D eigenvalue weighted by Crippen LogP contribution is 2.52. The smallest absolute Gasteiger partial charge is 0.0711 e. The molecule has 2 fully saturated rings. The summed E-state index contributed by atoms with van der Waals surface area (Å²) in [5, 5.41) is 4.41. The SMILES string of the molecule is CCn1ncc(Br)c1C(NN)C1CC2CCC1C2. The summed E-state index contributed by atoms with van der Waals surface area (Å²) < 4.78 is 3.13. The van der Waals surface area contributed by atoms with Crippen molar-refractivity contribution in [2.75, 3.05) is 0 Å². The molecular formula is C13H21BrN4. The molecule has 1 heterocycles. The second-order valence-electron chi connectivity index (χ2n) is 5.68. The molecule has 0 saturated heterocycles. The molecule has 4 unspecified atom stereocenters. The summed E-state index contributed by atoms with van der Waals surface area (Å²) in [6.07, 6.45) is 7.41. The number of aromatic nitrogens is 2. The normalized spacial score (nSPS) is 32.1. The van der Waals surface area contributed by atoms with Crippen molar-refractivity contribution in [1.82, 2.24) is 15.2 Å². The van der Waals surface area contributed by atoms with E-state index in [0.717, 1.165) is 22.9 Å². The Hall–Kier alpha value is -0.390. The zero-order valence-electron chi connectivity index (χ0n) is 10.8. The molecule has 0 amide bonds. The van der Waals surface area contributed by atoms with Crippen LogP contribution in [0.2, 0.25) is 0 Å². The van der Waals surface area contributed by atoms with Crippen molar-refractivity contribution < 1.29 is 0 Å². The molecule has 0 aliphatic heterocycles. The minimum absolute atomic E-state index is 0.233. The van der Waals surface area contributed by atoms with Gasteiger partial charge in [0.2, 0.25) is 0 Å². The quantitative estimate of drug-likeness (QED) is 0.663. The van der Waals surface area contributed by atoms with Crippen LogP contribution in [0.4, 0.5) is 0 Å². The van der Waals surface area contributed by atoms with Crippen LogP contribution in [-0.2, 0) is 6.54 Å². The number of nitrogens with zero attached hydrogens (tertiary/aromatic N) is 2. The van der Waals surface area contributed by atoms with E-state index in [0.29, 0.717) is 5.92 Å². The monoisotopic (exact) mass is 312 g/mol. The second kappa shape index (κ2) is 4.94. The molecule has 0 aromatic carbocycles. The van der Waals surface area contributed by atoms with Crippen LogP contribution in [0.1, 0.15) is 44.3 Å². The highest BCUT2D eigenvalue weighted by molar-refractivity contribution is 9.10. The summed E-state index contributed by atoms with van der Waals surface area (Å²) in [7, 11) is 0. The molecule has 1 aromatic rings. The topological polar surface area (TPSA) is 55.9 Å². The lowest BCUT2D eigenvalue weighted by molar-refractivity contribution is 0.242. The van der Waals surface area contributed by atoms with Crippen LogP contribution in [0, 0.1) is 17.8 Å². The van der Waals surface area contributed by atoms with Crippen molar-refractivity contribution in [1.29, 1.82) is 0 Å². The Kier molecular flexibility index (Phi) is 3.47. The Morgan fingerprint density at radius 3 is 2.94 bits per heavy atom. The van der Waals surface area contributed by atoms with Crippen molar-refractivity contribution in [3.05, 3.63) is 16.4 Å². The molecule has 4 nitrogen and oxygen atoms in total. The minimum atomic E-state index is 0.233. The maximum atomic E-state index is 5.86. The number of aryl methyl sites for hydroxylation is 1. The van der Waals surface area contributed by atoms with E-state index in [2.05, 4.69) is 38.1 Å². The van der Waals surface area contributed by atoms with Gasteiger partial charge >= 0.3 is 0 Å². The lowest BCUT2D eigenvalue weighted by atomic mass is 9.82. The first kappa shape index (κ1) is 12.6. The van der Waals surface area contributed by atoms with Gasteiger partial charge < -0.3 is 0 Å². The van der Waals surface area contributed by atoms with E-state index in [4.69, 9.17) is 5.84 Å². The van der Waals surface area contributed by atoms with Crippen LogP contribution in [0.5, 0.6) is 0 Å². The maximum Gasteiger partial charge on any atom is 0.0711 e. The van der Waals surface area contributed by atoms with Crippen LogP contribution in [-0.4, -0.2) is 9.78 Å². The van der Waals surface area contributed by atoms with Gasteiger partial charge in [0.05, 0.1) is 22.4 Å². The van der Waals surface area contributed by atoms with Gasteiger partial charge in [-0.15, -0.1) is 0 Å². The Morgan fingerprint density at radius 1 is 1.56 bits per heavy atom. The van der Waals surface area contributed by atoms with E-state index in [9.17, 15) is 0 Å². The van der Waals surface area contributed by atoms with Crippen LogP contribution >= 0.6 is 15.9 Å². The number of rotatable bonds is 4. The zero-order chi connectivity index (χ0) is 12.7. The third-order valence-electron chi connectivity index (χ3n) is 4.83. The zero-order valence-corrected chi connectivity index (χ0v) is 12.4. The molecule has 100 valence electrons. The molecular weight excluding hydrogens is 292 g/mol. The van der Waals surface area contributed by atoms with E-state index in [-0.39, 0.29) is 6.04 Å². The fraction of sp³-hybridized carbons (Fsp3) is 0.769. The van der Waals surface area contributed by atoms with Crippen molar-refractivity contribution in [3.8, 4) is 0 Å². The van der Waals surface area contributed by atoms with Crippen molar-refractivity contribution >= 4 is 15.9 Å². The molecule has 0 spiro atoms. The number of hydrazine groups is 1. The van der Waals surface area contributed by atoms with Crippen LogP contribution < -0.4 is 11.3 Å². The minimum Gasteiger partial charge on any atom is -0.271 e. The largest absolute Gasteiger partial charge is 0.271 e. The van der Waals surface area contributed by atoms with Gasteiger partial charge in [-0.3, -0.25) is 16.0 Å². The third-order valence-corrected chi connectivity index (χ3v) is 5.44. The number of halogens is 1. The van der Waals surface area contributed by atoms with E-state index < -0.39 is 0 Å². The number of fused-ring (bicyclic) bond motifs is 2. The molecule has 2 aliphatic carbocycles. The van der Waals surface area contributed by atoms with Crippen LogP contribution in [0.3, 0.4) is 0 Å². The highest BCUT2D eigenvalue weighted by Gasteiger charge is 2.44. The van der Waals surface area contributed by atoms with Crippen LogP contribution in [0.15, 0.2) is 10.7 Å². The first-order chi connectivity index (χ1) is 8.74. The van der Waals surface area contributed by atoms with Crippen LogP contribution in [0.25, 0.3) is 0 Å². The Balaban J connectivity index is 1.90. The Bertz CT molecular complexity index is 431. The Labute approximate surface area is 116 Å². The average Bonchev–Trinajstić information content (AvgIpc) is 3.07. The van der Waals surface area contributed by atoms with Gasteiger partial charge in [0.25, 0.3) is 0 Å². The lowest BCUT2D eigenvalue weighted by Crippen LogP contribution is -2.37. The average molecular weight is 313 g/mol. The molecule has 4 atom stereocenters. The number of nitrogens with two attached hydrogens (primary N) is 1. The summed E-state index contributed by atoms with van der Waals surface area (Å²) in [5.41, 5.74) is 4.28. The highest BCUT2D eigenvalue weighted by atomic mass is 79.9. The fourth-order valence-corrected chi connectivity index (χ4v) is 4.58. The predicted octanol–water partition coefficient (Wildman–Crippen LogP) is 2.61. The first-order valence-corrected chi connectivity index (χ1v) is 7.71. The predicted molar refractivity (Wildman–Crippen MR) is 74.6 cm³/mol. The molecule has 3 N–H and O–H groups in total. The lowest BCUT2D eigenvalue weighted by Gasteiger charge is -2.30. The standard InChI is InChI=1S/C13H21BrN4/c1-2-18-13(11(14)7-16-18)12(17-15)10-6-8-3-4-9(10)5-8/h7-10,12,17H,2-6,15H2,1H3. The Morgan fingerprint density at radius 2 is 2.39 bits per heavy atom. The number of hydrogen-bond acceptors (Lipinski definition) is 3. The van der Waals surface area contributed by atoms with Gasteiger partial charge in [0, 0.05) is 6.54 Å². The van der Waals surface area contributed by atoms with Crippen molar-refractivity contribution in [3.63, 3.8) is 0 Å². The summed E-state index contributed by atoms with van der Waals surface area (Å²) in [6, 6.07) is 0.233. The van der Waals surface area contributed by atoms with E-state index in [1.807, 2.05) is 6.20 Å². The molecule has 5 heteroatoms. The van der Waals surface area contributed by atoms with Gasteiger partial charge in [0.15, 0.2) is 0 Å². The molecule has 3 rings (SSSR count). The molecule has 2 saturated carbocycles. The van der Waals surface area contributed by atoms with E-state index >= 15 is 0 Å². The first-order valence-electron chi connectivity index (χ1n) is 6.91. The summed E-state index contributed by atoms with van der Waals surface area (Å²) >= 11 is 3.62. The number of nitrogens with one attached hydrogen (secondary N) is 1. The van der Waals surface area contributed by atoms with Gasteiger partial charge in [-0.25, -0.2) is 0 Å². The molecule has 2 bridgehead atoms. The van der Waals surface area contributed by atoms with Gasteiger partial charge in [-0.1, -0.05) is 6.42 Å². The van der Waals surface area contributed by atoms with Crippen molar-refractivity contribution in [2.24, 2.45) is 23.6 Å². The van der Waals surface area contributed by atoms with Gasteiger partial charge in [0.1, 0.15) is 0 Å². The second-order valence-corrected chi connectivity index (χ2v) is 6.53. The number of hydrogen-bond donors (Lipinski definition) is 2. The molecule has 1 aromatic heterocycles. The van der Waals surface area contributed by atoms with Gasteiger partial charge in [-0.2, -0.15) is 5.10 Å². The summed E-state index contributed by atoms with van der Waals surface area (Å²) in [4.78, 5) is 0. The molecule has 2 aliphatic rings. The third kappa shape index (κ3) is 1.92.